The monoisotopic (exact) mass is 233 g/mol. The van der Waals surface area contributed by atoms with Crippen molar-refractivity contribution in [2.24, 2.45) is 5.92 Å². The minimum Gasteiger partial charge on any atom is -0.393 e. The van der Waals surface area contributed by atoms with E-state index in [1.165, 1.54) is 38.5 Å². The van der Waals surface area contributed by atoms with Gasteiger partial charge in [-0.3, -0.25) is 4.98 Å². The molecule has 0 aromatic carbocycles. The van der Waals surface area contributed by atoms with Crippen molar-refractivity contribution >= 4 is 0 Å². The highest BCUT2D eigenvalue weighted by Crippen LogP contribution is 2.26. The van der Waals surface area contributed by atoms with Gasteiger partial charge in [-0.1, -0.05) is 44.6 Å². The molecule has 0 aliphatic heterocycles. The van der Waals surface area contributed by atoms with Crippen molar-refractivity contribution < 1.29 is 5.11 Å². The maximum atomic E-state index is 10.1. The fourth-order valence-electron chi connectivity index (χ4n) is 2.83. The summed E-state index contributed by atoms with van der Waals surface area (Å²) in [4.78, 5) is 4.27. The van der Waals surface area contributed by atoms with Crippen molar-refractivity contribution in [1.29, 1.82) is 0 Å². The quantitative estimate of drug-likeness (QED) is 0.809. The van der Waals surface area contributed by atoms with Crippen LogP contribution >= 0.6 is 0 Å². The maximum Gasteiger partial charge on any atom is 0.0598 e. The average molecular weight is 233 g/mol. The lowest BCUT2D eigenvalue weighted by molar-refractivity contribution is 0.136. The molecule has 1 N–H and O–H groups in total. The van der Waals surface area contributed by atoms with Crippen molar-refractivity contribution in [2.75, 3.05) is 0 Å². The van der Waals surface area contributed by atoms with Gasteiger partial charge >= 0.3 is 0 Å². The minimum absolute atomic E-state index is 0.215. The van der Waals surface area contributed by atoms with E-state index in [9.17, 15) is 5.11 Å². The number of pyridine rings is 1. The molecular formula is C15H23NO. The Labute approximate surface area is 104 Å². The third kappa shape index (κ3) is 4.47. The Bertz CT molecular complexity index is 304. The van der Waals surface area contributed by atoms with E-state index in [4.69, 9.17) is 0 Å². The average Bonchev–Trinajstić information content (AvgIpc) is 2.59. The number of nitrogens with zero attached hydrogens (tertiary/aromatic N) is 1. The Hall–Kier alpha value is -0.890. The number of rotatable bonds is 4. The second-order valence-electron chi connectivity index (χ2n) is 5.27. The Morgan fingerprint density at radius 3 is 2.59 bits per heavy atom. The van der Waals surface area contributed by atoms with Crippen LogP contribution < -0.4 is 0 Å². The van der Waals surface area contributed by atoms with Crippen LogP contribution in [0.1, 0.15) is 50.6 Å². The topological polar surface area (TPSA) is 33.1 Å². The molecule has 1 fully saturated rings. The summed E-state index contributed by atoms with van der Waals surface area (Å²) < 4.78 is 0. The van der Waals surface area contributed by atoms with Crippen molar-refractivity contribution in [2.45, 2.75) is 57.5 Å². The van der Waals surface area contributed by atoms with Gasteiger partial charge in [0.05, 0.1) is 6.10 Å². The molecule has 1 aliphatic rings. The van der Waals surface area contributed by atoms with Crippen LogP contribution in [-0.2, 0) is 6.42 Å². The number of aromatic nitrogens is 1. The second kappa shape index (κ2) is 6.75. The Kier molecular flexibility index (Phi) is 4.99. The summed E-state index contributed by atoms with van der Waals surface area (Å²) in [7, 11) is 0. The largest absolute Gasteiger partial charge is 0.393 e. The van der Waals surface area contributed by atoms with Crippen LogP contribution in [0.25, 0.3) is 0 Å². The van der Waals surface area contributed by atoms with Crippen LogP contribution in [-0.4, -0.2) is 16.2 Å². The predicted octanol–water partition coefficient (Wildman–Crippen LogP) is 3.35. The van der Waals surface area contributed by atoms with Crippen molar-refractivity contribution in [1.82, 2.24) is 4.98 Å². The highest BCUT2D eigenvalue weighted by molar-refractivity contribution is 5.04. The van der Waals surface area contributed by atoms with E-state index in [0.717, 1.165) is 18.0 Å². The summed E-state index contributed by atoms with van der Waals surface area (Å²) in [6, 6.07) is 5.90. The minimum atomic E-state index is -0.215. The van der Waals surface area contributed by atoms with Crippen LogP contribution in [0.5, 0.6) is 0 Å². The van der Waals surface area contributed by atoms with Crippen LogP contribution in [0.3, 0.4) is 0 Å². The number of hydrogen-bond donors (Lipinski definition) is 1. The summed E-state index contributed by atoms with van der Waals surface area (Å²) in [6.07, 6.45) is 11.3. The van der Waals surface area contributed by atoms with E-state index in [1.807, 2.05) is 18.2 Å². The van der Waals surface area contributed by atoms with Gasteiger partial charge < -0.3 is 5.11 Å². The molecule has 1 aliphatic carbocycles. The standard InChI is InChI=1S/C15H23NO/c17-15(12-14-9-5-6-10-16-14)11-13-7-3-1-2-4-8-13/h5-6,9-10,13,15,17H,1-4,7-8,11-12H2. The first-order chi connectivity index (χ1) is 8.34. The van der Waals surface area contributed by atoms with Crippen LogP contribution in [0.15, 0.2) is 24.4 Å². The number of aliphatic hydroxyl groups excluding tert-OH is 1. The van der Waals surface area contributed by atoms with Crippen molar-refractivity contribution in [3.63, 3.8) is 0 Å². The Morgan fingerprint density at radius 1 is 1.18 bits per heavy atom. The Balaban J connectivity index is 1.78. The molecule has 1 aromatic rings. The normalized spacial score (nSPS) is 19.8. The zero-order valence-corrected chi connectivity index (χ0v) is 10.5. The molecule has 1 heterocycles. The number of hydrogen-bond acceptors (Lipinski definition) is 2. The van der Waals surface area contributed by atoms with Gasteiger partial charge in [-0.15, -0.1) is 0 Å². The molecule has 1 unspecified atom stereocenters. The first kappa shape index (κ1) is 12.6. The molecule has 2 nitrogen and oxygen atoms in total. The zero-order valence-electron chi connectivity index (χ0n) is 10.5. The van der Waals surface area contributed by atoms with Gasteiger partial charge in [-0.25, -0.2) is 0 Å². The molecule has 1 aromatic heterocycles. The van der Waals surface area contributed by atoms with Gasteiger partial charge in [-0.2, -0.15) is 0 Å². The van der Waals surface area contributed by atoms with Crippen LogP contribution in [0, 0.1) is 5.92 Å². The lowest BCUT2D eigenvalue weighted by atomic mass is 9.92. The van der Waals surface area contributed by atoms with Gasteiger partial charge in [0.1, 0.15) is 0 Å². The first-order valence-electron chi connectivity index (χ1n) is 6.92. The van der Waals surface area contributed by atoms with E-state index in [0.29, 0.717) is 6.42 Å². The maximum absolute atomic E-state index is 10.1. The van der Waals surface area contributed by atoms with E-state index in [-0.39, 0.29) is 6.10 Å². The third-order valence-electron chi connectivity index (χ3n) is 3.75. The Morgan fingerprint density at radius 2 is 1.94 bits per heavy atom. The molecule has 2 heteroatoms. The molecular weight excluding hydrogens is 210 g/mol. The van der Waals surface area contributed by atoms with Gasteiger partial charge in [-0.05, 0) is 24.5 Å². The highest BCUT2D eigenvalue weighted by Gasteiger charge is 2.17. The molecule has 2 rings (SSSR count). The molecule has 0 radical (unpaired) electrons. The summed E-state index contributed by atoms with van der Waals surface area (Å²) in [5, 5.41) is 10.1. The fourth-order valence-corrected chi connectivity index (χ4v) is 2.83. The second-order valence-corrected chi connectivity index (χ2v) is 5.27. The summed E-state index contributed by atoms with van der Waals surface area (Å²) >= 11 is 0. The zero-order chi connectivity index (χ0) is 11.9. The SMILES string of the molecule is OC(Cc1ccccn1)CC1CCCCCC1. The van der Waals surface area contributed by atoms with E-state index in [1.54, 1.807) is 6.20 Å². The third-order valence-corrected chi connectivity index (χ3v) is 3.75. The smallest absolute Gasteiger partial charge is 0.0598 e. The van der Waals surface area contributed by atoms with E-state index < -0.39 is 0 Å². The molecule has 0 bridgehead atoms. The molecule has 0 amide bonds. The molecule has 0 spiro atoms. The summed E-state index contributed by atoms with van der Waals surface area (Å²) in [5.74, 6) is 0.733. The van der Waals surface area contributed by atoms with E-state index in [2.05, 4.69) is 4.98 Å². The summed E-state index contributed by atoms with van der Waals surface area (Å²) in [6.45, 7) is 0. The predicted molar refractivity (Wildman–Crippen MR) is 69.8 cm³/mol. The van der Waals surface area contributed by atoms with Crippen LogP contribution in [0.2, 0.25) is 0 Å². The molecule has 1 saturated carbocycles. The lowest BCUT2D eigenvalue weighted by Gasteiger charge is -2.18. The van der Waals surface area contributed by atoms with Gasteiger partial charge in [0.25, 0.3) is 0 Å². The van der Waals surface area contributed by atoms with Crippen molar-refractivity contribution in [3.05, 3.63) is 30.1 Å². The van der Waals surface area contributed by atoms with E-state index >= 15 is 0 Å². The lowest BCUT2D eigenvalue weighted by Crippen LogP contribution is -2.16. The summed E-state index contributed by atoms with van der Waals surface area (Å²) in [5.41, 5.74) is 1.01. The molecule has 17 heavy (non-hydrogen) atoms. The fraction of sp³-hybridized carbons (Fsp3) is 0.667. The van der Waals surface area contributed by atoms with Crippen LogP contribution in [0.4, 0.5) is 0 Å². The molecule has 1 atom stereocenters. The van der Waals surface area contributed by atoms with Gasteiger partial charge in [0.2, 0.25) is 0 Å². The molecule has 94 valence electrons. The highest BCUT2D eigenvalue weighted by atomic mass is 16.3. The van der Waals surface area contributed by atoms with Gasteiger partial charge in [0, 0.05) is 18.3 Å². The number of aliphatic hydroxyl groups is 1. The van der Waals surface area contributed by atoms with Crippen molar-refractivity contribution in [3.8, 4) is 0 Å². The first-order valence-corrected chi connectivity index (χ1v) is 6.92. The molecule has 0 saturated heterocycles. The van der Waals surface area contributed by atoms with Gasteiger partial charge in [0.15, 0.2) is 0 Å².